The summed E-state index contributed by atoms with van der Waals surface area (Å²) in [6, 6.07) is 161. The molecule has 0 radical (unpaired) electrons. The molecule has 3 aliphatic rings. The third-order valence-electron chi connectivity index (χ3n) is 29.4. The summed E-state index contributed by atoms with van der Waals surface area (Å²) < 4.78 is 0. The smallest absolute Gasteiger partial charge is 0.0623 e. The highest BCUT2D eigenvalue weighted by Gasteiger charge is 2.56. The van der Waals surface area contributed by atoms with Gasteiger partial charge in [0.1, 0.15) is 0 Å². The van der Waals surface area contributed by atoms with Crippen LogP contribution in [0, 0.1) is 0 Å². The maximum absolute atomic E-state index is 2.97. The fraction of sp³-hybridized carbons (Fsp3) is 0. The molecule has 556 valence electrons. The molecule has 0 N–H and O–H groups in total. The first-order valence-corrected chi connectivity index (χ1v) is 47.0. The molecule has 0 aromatic heterocycles. The molecule has 0 saturated carbocycles. The van der Waals surface area contributed by atoms with Gasteiger partial charge in [-0.2, -0.15) is 0 Å². The van der Waals surface area contributed by atoms with E-state index in [0.29, 0.717) is 0 Å². The Bertz CT molecular complexity index is 9000. The number of rotatable bonds is 7. The Morgan fingerprint density at radius 3 is 0.795 bits per heavy atom. The Morgan fingerprint density at radius 1 is 0.123 bits per heavy atom. The Labute approximate surface area is 704 Å². The SMILES string of the molecule is c1ccc(-c2c3cc4c5ccccc5c5cccc(c3c(-c3ccc(-c6ccc(-c7c8cc9c%10ccccc%10c%10cccc(c8c(-c8ccccc8)c8c%11cc%12c(c%13cccc(c78)c%13%11)[Si](c7ccccc7)(c7ccccc7)c7ccccc7-%12)c%109)cc6)cc3)c3c6cc7c(c8cccc(c23)c86)[Si]2(c3ccccc3-c3ccccc32)c2ccccc2-7)c54)cc1. The highest BCUT2D eigenvalue weighted by Crippen LogP contribution is 2.59. The summed E-state index contributed by atoms with van der Waals surface area (Å²) in [5.74, 6) is 0. The van der Waals surface area contributed by atoms with Gasteiger partial charge >= 0.3 is 0 Å². The second kappa shape index (κ2) is 23.9. The highest BCUT2D eigenvalue weighted by atomic mass is 28.3. The van der Waals surface area contributed by atoms with Gasteiger partial charge in [0.25, 0.3) is 0 Å². The first-order chi connectivity index (χ1) is 60.6. The van der Waals surface area contributed by atoms with E-state index >= 15 is 0 Å². The molecule has 1 spiro atoms. The zero-order chi connectivity index (χ0) is 79.1. The van der Waals surface area contributed by atoms with Crippen LogP contribution in [0.1, 0.15) is 0 Å². The highest BCUT2D eigenvalue weighted by molar-refractivity contribution is 7.25. The van der Waals surface area contributed by atoms with Crippen molar-refractivity contribution in [1.82, 2.24) is 0 Å². The Balaban J connectivity index is 0.695. The van der Waals surface area contributed by atoms with E-state index in [2.05, 4.69) is 413 Å². The second-order valence-corrected chi connectivity index (χ2v) is 42.0. The molecule has 0 aliphatic carbocycles. The Kier molecular flexibility index (Phi) is 12.9. The first-order valence-electron chi connectivity index (χ1n) is 43.0. The lowest BCUT2D eigenvalue weighted by Gasteiger charge is -2.32. The van der Waals surface area contributed by atoms with Crippen LogP contribution in [-0.2, 0) is 0 Å². The lowest BCUT2D eigenvalue weighted by molar-refractivity contribution is 1.61. The summed E-state index contributed by atoms with van der Waals surface area (Å²) in [5.41, 5.74) is 20.5. The molecule has 26 aromatic carbocycles. The van der Waals surface area contributed by atoms with E-state index in [1.807, 2.05) is 0 Å². The van der Waals surface area contributed by atoms with Gasteiger partial charge in [-0.25, -0.2) is 0 Å². The summed E-state index contributed by atoms with van der Waals surface area (Å²) >= 11 is 0. The molecule has 3 heterocycles. The zero-order valence-electron chi connectivity index (χ0n) is 66.3. The molecule has 0 atom stereocenters. The van der Waals surface area contributed by atoms with Crippen molar-refractivity contribution in [3.8, 4) is 89.0 Å². The zero-order valence-corrected chi connectivity index (χ0v) is 68.3. The minimum Gasteiger partial charge on any atom is -0.0623 e. The fourth-order valence-corrected chi connectivity index (χ4v) is 36.3. The van der Waals surface area contributed by atoms with Crippen LogP contribution in [-0.4, -0.2) is 16.1 Å². The predicted molar refractivity (Wildman–Crippen MR) is 528 cm³/mol. The molecule has 0 amide bonds. The van der Waals surface area contributed by atoms with Gasteiger partial charge in [0.05, 0.1) is 0 Å². The van der Waals surface area contributed by atoms with Crippen molar-refractivity contribution in [2.24, 2.45) is 0 Å². The van der Waals surface area contributed by atoms with Crippen LogP contribution in [0.15, 0.2) is 413 Å². The fourth-order valence-electron chi connectivity index (χ4n) is 25.1. The third kappa shape index (κ3) is 8.04. The molecular weight excluding hydrogens is 1500 g/mol. The van der Waals surface area contributed by atoms with E-state index in [1.54, 1.807) is 0 Å². The van der Waals surface area contributed by atoms with Gasteiger partial charge < -0.3 is 0 Å². The largest absolute Gasteiger partial charge is 0.182 e. The van der Waals surface area contributed by atoms with Gasteiger partial charge in [-0.1, -0.05) is 388 Å². The minimum absolute atomic E-state index is 1.17. The normalized spacial score (nSPS) is 13.7. The van der Waals surface area contributed by atoms with Crippen molar-refractivity contribution in [3.05, 3.63) is 413 Å². The lowest BCUT2D eigenvalue weighted by atomic mass is 9.83. The van der Waals surface area contributed by atoms with Crippen LogP contribution in [0.3, 0.4) is 0 Å². The van der Waals surface area contributed by atoms with Gasteiger partial charge in [0.15, 0.2) is 16.1 Å². The van der Waals surface area contributed by atoms with Crippen LogP contribution >= 0.6 is 0 Å². The molecular formula is C120H68Si2. The van der Waals surface area contributed by atoms with Crippen LogP contribution < -0.4 is 41.5 Å². The average molecular weight is 1570 g/mol. The molecule has 0 saturated heterocycles. The van der Waals surface area contributed by atoms with Crippen molar-refractivity contribution in [1.29, 1.82) is 0 Å². The van der Waals surface area contributed by atoms with Gasteiger partial charge in [0.2, 0.25) is 0 Å². The van der Waals surface area contributed by atoms with Gasteiger partial charge in [-0.15, -0.1) is 0 Å². The van der Waals surface area contributed by atoms with Crippen molar-refractivity contribution in [2.45, 2.75) is 0 Å². The van der Waals surface area contributed by atoms with E-state index < -0.39 is 16.1 Å². The average Bonchev–Trinajstić information content (AvgIpc) is 1.49. The van der Waals surface area contributed by atoms with Crippen LogP contribution in [0.2, 0.25) is 0 Å². The third-order valence-corrected chi connectivity index (χ3v) is 39.4. The molecule has 0 fully saturated rings. The summed E-state index contributed by atoms with van der Waals surface area (Å²) in [4.78, 5) is 0. The Hall–Kier alpha value is -15.2. The molecule has 26 aromatic rings. The van der Waals surface area contributed by atoms with Crippen LogP contribution in [0.4, 0.5) is 0 Å². The Morgan fingerprint density at radius 2 is 0.385 bits per heavy atom. The van der Waals surface area contributed by atoms with Crippen molar-refractivity contribution in [2.75, 3.05) is 0 Å². The van der Waals surface area contributed by atoms with Crippen LogP contribution in [0.5, 0.6) is 0 Å². The number of benzene rings is 22. The van der Waals surface area contributed by atoms with E-state index in [9.17, 15) is 0 Å². The van der Waals surface area contributed by atoms with Crippen molar-refractivity contribution >= 4 is 208 Å². The molecule has 3 aliphatic heterocycles. The van der Waals surface area contributed by atoms with E-state index in [1.165, 1.54) is 281 Å². The van der Waals surface area contributed by atoms with Gasteiger partial charge in [-0.3, -0.25) is 0 Å². The molecule has 0 nitrogen and oxygen atoms in total. The van der Waals surface area contributed by atoms with E-state index in [4.69, 9.17) is 0 Å². The number of fused-ring (bicyclic) bond motifs is 31. The molecule has 0 bridgehead atoms. The standard InChI is InChI=1S/C120H68Si2/c1-5-29-71(30-6-1)105-97-65-93-79-39-15-13-37-77(79)86-46-26-48-88(110(86)93)114(97)108(118-100-68-96-84-44-20-24-56-104(84)122(120(96)92-52-28-50-90(112(92)100)115(105)118)102-54-22-17-41-81(102)82-42-18-23-55-103(82)122)74-63-59-70(60-64-74)69-57-61-73(62-58-69)106-98-66-94-80-40-16-14-38-78(80)85-45-25-47-87(109(85)94)113(98)107(72-31-7-2-8-32-72)117-99-67-95-83-43-19-21-53-101(83)121(75-33-9-3-10-34-75,76-35-11-4-12-36-76)119(95)91-51-27-49-89(111(91)99)116(106)117/h1-68H. The van der Waals surface area contributed by atoms with Gasteiger partial charge in [0, 0.05) is 0 Å². The molecule has 122 heavy (non-hydrogen) atoms. The molecule has 29 rings (SSSR count). The number of hydrogen-bond acceptors (Lipinski definition) is 0. The monoisotopic (exact) mass is 1560 g/mol. The summed E-state index contributed by atoms with van der Waals surface area (Å²) in [7, 11) is -5.86. The summed E-state index contributed by atoms with van der Waals surface area (Å²) in [5, 5.41) is 48.4. The van der Waals surface area contributed by atoms with E-state index in [0.717, 1.165) is 0 Å². The first kappa shape index (κ1) is 65.8. The summed E-state index contributed by atoms with van der Waals surface area (Å²) in [6.07, 6.45) is 0. The van der Waals surface area contributed by atoms with Crippen molar-refractivity contribution < 1.29 is 0 Å². The maximum atomic E-state index is 2.68. The van der Waals surface area contributed by atoms with Crippen molar-refractivity contribution in [3.63, 3.8) is 0 Å². The molecule has 2 heteroatoms. The topological polar surface area (TPSA) is 0 Å². The summed E-state index contributed by atoms with van der Waals surface area (Å²) in [6.45, 7) is 0. The maximum Gasteiger partial charge on any atom is 0.182 e. The minimum atomic E-state index is -2.97. The second-order valence-electron chi connectivity index (χ2n) is 34.7. The molecule has 0 unspecified atom stereocenters. The van der Waals surface area contributed by atoms with E-state index in [-0.39, 0.29) is 0 Å². The number of hydrogen-bond donors (Lipinski definition) is 0. The lowest BCUT2D eigenvalue weighted by Crippen LogP contribution is -2.72. The quantitative estimate of drug-likeness (QED) is 0.110. The van der Waals surface area contributed by atoms with Crippen LogP contribution in [0.25, 0.3) is 240 Å². The predicted octanol–water partition coefficient (Wildman–Crippen LogP) is 26.6. The van der Waals surface area contributed by atoms with Gasteiger partial charge in [-0.05, 0) is 306 Å².